The summed E-state index contributed by atoms with van der Waals surface area (Å²) < 4.78 is 0. The number of likely N-dealkylation sites (N-methyl/N-ethyl adjacent to an activating group) is 2. The van der Waals surface area contributed by atoms with Crippen molar-refractivity contribution < 1.29 is 0 Å². The van der Waals surface area contributed by atoms with Crippen LogP contribution in [-0.2, 0) is 6.42 Å². The molecule has 6 heteroatoms. The molecule has 1 aliphatic heterocycles. The van der Waals surface area contributed by atoms with Crippen molar-refractivity contribution in [3.8, 4) is 0 Å². The number of guanidine groups is 1. The molecule has 0 radical (unpaired) electrons. The Bertz CT molecular complexity index is 520. The second kappa shape index (κ2) is 10.9. The number of halogens is 1. The van der Waals surface area contributed by atoms with Gasteiger partial charge in [-0.25, -0.2) is 0 Å². The molecule has 0 saturated carbocycles. The molecule has 1 unspecified atom stereocenters. The molecule has 0 amide bonds. The number of aromatic nitrogens is 1. The topological polar surface area (TPSA) is 43.8 Å². The second-order valence-corrected chi connectivity index (χ2v) is 6.33. The lowest BCUT2D eigenvalue weighted by Gasteiger charge is -2.29. The van der Waals surface area contributed by atoms with Crippen LogP contribution < -0.4 is 5.32 Å². The van der Waals surface area contributed by atoms with Gasteiger partial charge in [-0.1, -0.05) is 6.92 Å². The molecule has 1 atom stereocenters. The van der Waals surface area contributed by atoms with Crippen LogP contribution in [0.3, 0.4) is 0 Å². The highest BCUT2D eigenvalue weighted by Gasteiger charge is 2.24. The first-order chi connectivity index (χ1) is 11.2. The Morgan fingerprint density at radius 1 is 1.50 bits per heavy atom. The Morgan fingerprint density at radius 2 is 2.29 bits per heavy atom. The predicted molar refractivity (Wildman–Crippen MR) is 112 cm³/mol. The van der Waals surface area contributed by atoms with E-state index in [1.165, 1.54) is 30.5 Å². The zero-order valence-electron chi connectivity index (χ0n) is 15.5. The smallest absolute Gasteiger partial charge is 0.193 e. The first kappa shape index (κ1) is 21.2. The number of aliphatic imine (C=N–C) groups is 1. The zero-order chi connectivity index (χ0) is 16.7. The summed E-state index contributed by atoms with van der Waals surface area (Å²) in [7, 11) is 4.00. The molecule has 0 aliphatic carbocycles. The molecule has 0 spiro atoms. The van der Waals surface area contributed by atoms with Gasteiger partial charge in [-0.3, -0.25) is 14.9 Å². The van der Waals surface area contributed by atoms with Crippen LogP contribution in [0.4, 0.5) is 0 Å². The van der Waals surface area contributed by atoms with Crippen LogP contribution >= 0.6 is 24.0 Å². The lowest BCUT2D eigenvalue weighted by molar-refractivity contribution is 0.233. The summed E-state index contributed by atoms with van der Waals surface area (Å²) in [6.07, 6.45) is 7.40. The number of aryl methyl sites for hydroxylation is 1. The second-order valence-electron chi connectivity index (χ2n) is 6.33. The highest BCUT2D eigenvalue weighted by molar-refractivity contribution is 14.0. The third-order valence-corrected chi connectivity index (χ3v) is 4.78. The molecule has 24 heavy (non-hydrogen) atoms. The van der Waals surface area contributed by atoms with Gasteiger partial charge in [0.2, 0.25) is 0 Å². The van der Waals surface area contributed by atoms with Gasteiger partial charge in [0.05, 0.1) is 0 Å². The van der Waals surface area contributed by atoms with Crippen molar-refractivity contribution in [2.45, 2.75) is 39.2 Å². The minimum absolute atomic E-state index is 0. The number of nitrogens with one attached hydrogen (secondary N) is 1. The van der Waals surface area contributed by atoms with Gasteiger partial charge >= 0.3 is 0 Å². The summed E-state index contributed by atoms with van der Waals surface area (Å²) >= 11 is 0. The van der Waals surface area contributed by atoms with Crippen LogP contribution in [0.5, 0.6) is 0 Å². The molecular formula is C18H32IN5. The molecule has 1 saturated heterocycles. The molecule has 136 valence electrons. The van der Waals surface area contributed by atoms with Crippen LogP contribution in [0.15, 0.2) is 23.5 Å². The summed E-state index contributed by atoms with van der Waals surface area (Å²) in [6.45, 7) is 8.69. The molecule has 1 fully saturated rings. The Hall–Kier alpha value is -0.890. The fraction of sp³-hybridized carbons (Fsp3) is 0.667. The SMILES string of the molecule is CCN1CCCC1CN(C)C(=NC)NCCc1ccncc1C.I. The summed E-state index contributed by atoms with van der Waals surface area (Å²) in [4.78, 5) is 13.4. The van der Waals surface area contributed by atoms with Gasteiger partial charge in [0, 0.05) is 45.6 Å². The molecule has 1 N–H and O–H groups in total. The highest BCUT2D eigenvalue weighted by Crippen LogP contribution is 2.17. The average molecular weight is 445 g/mol. The molecular weight excluding hydrogens is 413 g/mol. The van der Waals surface area contributed by atoms with Crippen molar-refractivity contribution in [1.29, 1.82) is 0 Å². The first-order valence-electron chi connectivity index (χ1n) is 8.71. The molecule has 0 aromatic carbocycles. The first-order valence-corrected chi connectivity index (χ1v) is 8.71. The van der Waals surface area contributed by atoms with Gasteiger partial charge in [0.15, 0.2) is 5.96 Å². The normalized spacial score (nSPS) is 18.3. The van der Waals surface area contributed by atoms with E-state index < -0.39 is 0 Å². The van der Waals surface area contributed by atoms with Crippen LogP contribution in [0.2, 0.25) is 0 Å². The van der Waals surface area contributed by atoms with E-state index >= 15 is 0 Å². The van der Waals surface area contributed by atoms with Gasteiger partial charge in [-0.05, 0) is 56.5 Å². The maximum atomic E-state index is 4.44. The number of rotatable bonds is 6. The molecule has 5 nitrogen and oxygen atoms in total. The molecule has 1 aromatic rings. The van der Waals surface area contributed by atoms with Crippen LogP contribution in [0, 0.1) is 6.92 Å². The maximum Gasteiger partial charge on any atom is 0.193 e. The Morgan fingerprint density at radius 3 is 2.96 bits per heavy atom. The fourth-order valence-electron chi connectivity index (χ4n) is 3.40. The van der Waals surface area contributed by atoms with Gasteiger partial charge in [-0.15, -0.1) is 24.0 Å². The lowest BCUT2D eigenvalue weighted by atomic mass is 10.1. The van der Waals surface area contributed by atoms with Crippen molar-refractivity contribution in [2.24, 2.45) is 4.99 Å². The number of hydrogen-bond donors (Lipinski definition) is 1. The largest absolute Gasteiger partial charge is 0.356 e. The molecule has 2 rings (SSSR count). The highest BCUT2D eigenvalue weighted by atomic mass is 127. The van der Waals surface area contributed by atoms with Gasteiger partial charge < -0.3 is 10.2 Å². The summed E-state index contributed by atoms with van der Waals surface area (Å²) in [5, 5.41) is 3.49. The van der Waals surface area contributed by atoms with E-state index in [0.29, 0.717) is 6.04 Å². The van der Waals surface area contributed by atoms with Crippen molar-refractivity contribution in [1.82, 2.24) is 20.1 Å². The average Bonchev–Trinajstić information content (AvgIpc) is 3.00. The van der Waals surface area contributed by atoms with Crippen molar-refractivity contribution in [3.05, 3.63) is 29.6 Å². The Balaban J connectivity index is 0.00000288. The third-order valence-electron chi connectivity index (χ3n) is 4.78. The van der Waals surface area contributed by atoms with E-state index in [4.69, 9.17) is 0 Å². The van der Waals surface area contributed by atoms with E-state index in [-0.39, 0.29) is 24.0 Å². The minimum atomic E-state index is 0. The van der Waals surface area contributed by atoms with Crippen molar-refractivity contribution in [2.75, 3.05) is 40.3 Å². The molecule has 1 aliphatic rings. The van der Waals surface area contributed by atoms with Gasteiger partial charge in [0.1, 0.15) is 0 Å². The van der Waals surface area contributed by atoms with E-state index in [9.17, 15) is 0 Å². The number of likely N-dealkylation sites (tertiary alicyclic amines) is 1. The summed E-state index contributed by atoms with van der Waals surface area (Å²) in [5.41, 5.74) is 2.60. The van der Waals surface area contributed by atoms with E-state index in [1.807, 2.05) is 19.4 Å². The molecule has 1 aromatic heterocycles. The van der Waals surface area contributed by atoms with Crippen LogP contribution in [0.25, 0.3) is 0 Å². The van der Waals surface area contributed by atoms with Crippen LogP contribution in [-0.4, -0.2) is 67.1 Å². The molecule has 0 bridgehead atoms. The number of nitrogens with zero attached hydrogens (tertiary/aromatic N) is 4. The summed E-state index contributed by atoms with van der Waals surface area (Å²) in [5.74, 6) is 0.986. The Kier molecular flexibility index (Phi) is 9.58. The van der Waals surface area contributed by atoms with Crippen molar-refractivity contribution >= 4 is 29.9 Å². The maximum absolute atomic E-state index is 4.44. The number of pyridine rings is 1. The van der Waals surface area contributed by atoms with Gasteiger partial charge in [-0.2, -0.15) is 0 Å². The van der Waals surface area contributed by atoms with Gasteiger partial charge in [0.25, 0.3) is 0 Å². The van der Waals surface area contributed by atoms with E-state index in [2.05, 4.69) is 52.1 Å². The van der Waals surface area contributed by atoms with E-state index in [0.717, 1.165) is 32.0 Å². The molecule has 2 heterocycles. The standard InChI is InChI=1S/C18H31N5.HI/c1-5-23-12-6-7-17(23)14-22(4)18(19-3)21-11-9-16-8-10-20-13-15(16)2;/h8,10,13,17H,5-7,9,11-12,14H2,1-4H3,(H,19,21);1H. The third kappa shape index (κ3) is 5.88. The number of hydrogen-bond acceptors (Lipinski definition) is 3. The summed E-state index contributed by atoms with van der Waals surface area (Å²) in [6, 6.07) is 2.76. The Labute approximate surface area is 163 Å². The quantitative estimate of drug-likeness (QED) is 0.415. The predicted octanol–water partition coefficient (Wildman–Crippen LogP) is 2.54. The zero-order valence-corrected chi connectivity index (χ0v) is 17.8. The lowest BCUT2D eigenvalue weighted by Crippen LogP contribution is -2.46. The van der Waals surface area contributed by atoms with Crippen LogP contribution in [0.1, 0.15) is 30.9 Å². The van der Waals surface area contributed by atoms with E-state index in [1.54, 1.807) is 0 Å². The fourth-order valence-corrected chi connectivity index (χ4v) is 3.40. The monoisotopic (exact) mass is 445 g/mol. The van der Waals surface area contributed by atoms with Crippen molar-refractivity contribution in [3.63, 3.8) is 0 Å². The minimum Gasteiger partial charge on any atom is -0.356 e.